The lowest BCUT2D eigenvalue weighted by Gasteiger charge is -1.95. The van der Waals surface area contributed by atoms with Gasteiger partial charge in [0.2, 0.25) is 0 Å². The second kappa shape index (κ2) is 3.23. The van der Waals surface area contributed by atoms with E-state index >= 15 is 0 Å². The van der Waals surface area contributed by atoms with Crippen LogP contribution in [-0.2, 0) is 0 Å². The summed E-state index contributed by atoms with van der Waals surface area (Å²) >= 11 is 0. The van der Waals surface area contributed by atoms with Crippen LogP contribution in [0.15, 0.2) is 22.6 Å². The van der Waals surface area contributed by atoms with Gasteiger partial charge in [0, 0.05) is 12.5 Å². The maximum atomic E-state index is 11.3. The summed E-state index contributed by atoms with van der Waals surface area (Å²) in [6, 6.07) is 5.13. The predicted molar refractivity (Wildman–Crippen MR) is 52.1 cm³/mol. The van der Waals surface area contributed by atoms with Crippen LogP contribution in [0.3, 0.4) is 0 Å². The van der Waals surface area contributed by atoms with E-state index in [-0.39, 0.29) is 12.3 Å². The monoisotopic (exact) mass is 190 g/mol. The standard InChI is InChI=1S/C10H10N2O2/c1-6-12-8-4-7(9(13)5-11)2-3-10(8)14-6/h2-4H,5,11H2,1H3. The molecule has 72 valence electrons. The second-order valence-electron chi connectivity index (χ2n) is 3.04. The van der Waals surface area contributed by atoms with Gasteiger partial charge in [0.1, 0.15) is 5.52 Å². The molecule has 1 heterocycles. The number of carbonyl (C=O) groups excluding carboxylic acids is 1. The van der Waals surface area contributed by atoms with Crippen LogP contribution in [0.1, 0.15) is 16.2 Å². The number of benzene rings is 1. The summed E-state index contributed by atoms with van der Waals surface area (Å²) in [5.41, 5.74) is 7.22. The molecule has 2 rings (SSSR count). The minimum Gasteiger partial charge on any atom is -0.441 e. The van der Waals surface area contributed by atoms with Crippen LogP contribution >= 0.6 is 0 Å². The Morgan fingerprint density at radius 1 is 1.57 bits per heavy atom. The molecule has 0 spiro atoms. The number of rotatable bonds is 2. The van der Waals surface area contributed by atoms with E-state index in [1.807, 2.05) is 0 Å². The number of aryl methyl sites for hydroxylation is 1. The molecule has 2 N–H and O–H groups in total. The Balaban J connectivity index is 2.55. The first-order valence-electron chi connectivity index (χ1n) is 4.31. The number of fused-ring (bicyclic) bond motifs is 1. The lowest BCUT2D eigenvalue weighted by molar-refractivity contribution is 0.100. The third-order valence-electron chi connectivity index (χ3n) is 2.00. The van der Waals surface area contributed by atoms with Crippen molar-refractivity contribution in [3.8, 4) is 0 Å². The first kappa shape index (κ1) is 8.90. The molecule has 0 bridgehead atoms. The molecule has 14 heavy (non-hydrogen) atoms. The third-order valence-corrected chi connectivity index (χ3v) is 2.00. The van der Waals surface area contributed by atoms with Crippen molar-refractivity contribution < 1.29 is 9.21 Å². The Hall–Kier alpha value is -1.68. The normalized spacial score (nSPS) is 10.7. The largest absolute Gasteiger partial charge is 0.441 e. The molecule has 0 saturated heterocycles. The fourth-order valence-corrected chi connectivity index (χ4v) is 1.33. The Bertz CT molecular complexity index is 488. The van der Waals surface area contributed by atoms with Gasteiger partial charge in [0.05, 0.1) is 6.54 Å². The van der Waals surface area contributed by atoms with E-state index < -0.39 is 0 Å². The number of nitrogens with zero attached hydrogens (tertiary/aromatic N) is 1. The molecule has 2 aromatic rings. The van der Waals surface area contributed by atoms with Crippen molar-refractivity contribution in [2.45, 2.75) is 6.92 Å². The van der Waals surface area contributed by atoms with E-state index in [4.69, 9.17) is 10.2 Å². The maximum absolute atomic E-state index is 11.3. The molecule has 4 heteroatoms. The average molecular weight is 190 g/mol. The molecule has 1 aromatic heterocycles. The van der Waals surface area contributed by atoms with E-state index in [0.717, 1.165) is 0 Å². The van der Waals surface area contributed by atoms with Crippen LogP contribution in [0, 0.1) is 6.92 Å². The molecule has 4 nitrogen and oxygen atoms in total. The van der Waals surface area contributed by atoms with Gasteiger partial charge < -0.3 is 10.2 Å². The highest BCUT2D eigenvalue weighted by atomic mass is 16.3. The number of ketones is 1. The van der Waals surface area contributed by atoms with Crippen molar-refractivity contribution in [2.75, 3.05) is 6.54 Å². The van der Waals surface area contributed by atoms with Gasteiger partial charge >= 0.3 is 0 Å². The number of nitrogens with two attached hydrogens (primary N) is 1. The zero-order chi connectivity index (χ0) is 10.1. The highest BCUT2D eigenvalue weighted by Crippen LogP contribution is 2.16. The van der Waals surface area contributed by atoms with E-state index in [0.29, 0.717) is 22.6 Å². The van der Waals surface area contributed by atoms with Gasteiger partial charge in [-0.25, -0.2) is 4.98 Å². The summed E-state index contributed by atoms with van der Waals surface area (Å²) < 4.78 is 5.28. The van der Waals surface area contributed by atoms with Crippen LogP contribution in [-0.4, -0.2) is 17.3 Å². The van der Waals surface area contributed by atoms with E-state index in [1.54, 1.807) is 25.1 Å². The van der Waals surface area contributed by atoms with Gasteiger partial charge in [-0.3, -0.25) is 4.79 Å². The molecule has 0 unspecified atom stereocenters. The van der Waals surface area contributed by atoms with Crippen LogP contribution < -0.4 is 5.73 Å². The van der Waals surface area contributed by atoms with E-state index in [1.165, 1.54) is 0 Å². The number of hydrogen-bond acceptors (Lipinski definition) is 4. The summed E-state index contributed by atoms with van der Waals surface area (Å²) in [5.74, 6) is 0.505. The Morgan fingerprint density at radius 2 is 2.36 bits per heavy atom. The van der Waals surface area contributed by atoms with Gasteiger partial charge in [-0.05, 0) is 18.2 Å². The minimum absolute atomic E-state index is 0.0162. The molecule has 0 saturated carbocycles. The summed E-state index contributed by atoms with van der Waals surface area (Å²) in [4.78, 5) is 15.4. The Labute approximate surface area is 80.7 Å². The summed E-state index contributed by atoms with van der Waals surface area (Å²) in [6.07, 6.45) is 0. The topological polar surface area (TPSA) is 69.1 Å². The number of aromatic nitrogens is 1. The predicted octanol–water partition coefficient (Wildman–Crippen LogP) is 1.28. The SMILES string of the molecule is Cc1nc2cc(C(=O)CN)ccc2o1. The zero-order valence-electron chi connectivity index (χ0n) is 7.78. The molecule has 0 atom stereocenters. The van der Waals surface area contributed by atoms with Gasteiger partial charge in [0.15, 0.2) is 17.3 Å². The number of carbonyl (C=O) groups is 1. The fourth-order valence-electron chi connectivity index (χ4n) is 1.33. The molecule has 0 aliphatic heterocycles. The number of Topliss-reactive ketones (excluding diaryl/α,β-unsaturated/α-hetero) is 1. The van der Waals surface area contributed by atoms with Gasteiger partial charge in [-0.15, -0.1) is 0 Å². The molecular weight excluding hydrogens is 180 g/mol. The van der Waals surface area contributed by atoms with Crippen LogP contribution in [0.2, 0.25) is 0 Å². The highest BCUT2D eigenvalue weighted by molar-refractivity contribution is 5.99. The van der Waals surface area contributed by atoms with E-state index in [9.17, 15) is 4.79 Å². The summed E-state index contributed by atoms with van der Waals surface area (Å²) in [7, 11) is 0. The van der Waals surface area contributed by atoms with Gasteiger partial charge in [0.25, 0.3) is 0 Å². The highest BCUT2D eigenvalue weighted by Gasteiger charge is 2.07. The number of hydrogen-bond donors (Lipinski definition) is 1. The molecule has 0 fully saturated rings. The quantitative estimate of drug-likeness (QED) is 0.724. The third kappa shape index (κ3) is 1.40. The van der Waals surface area contributed by atoms with Crippen molar-refractivity contribution in [3.05, 3.63) is 29.7 Å². The maximum Gasteiger partial charge on any atom is 0.192 e. The average Bonchev–Trinajstić information content (AvgIpc) is 2.55. The zero-order valence-corrected chi connectivity index (χ0v) is 7.78. The van der Waals surface area contributed by atoms with Crippen molar-refractivity contribution >= 4 is 16.9 Å². The summed E-state index contributed by atoms with van der Waals surface area (Å²) in [6.45, 7) is 1.78. The van der Waals surface area contributed by atoms with Crippen molar-refractivity contribution in [2.24, 2.45) is 5.73 Å². The first-order chi connectivity index (χ1) is 6.70. The molecule has 0 aliphatic rings. The number of oxazole rings is 1. The Kier molecular flexibility index (Phi) is 2.05. The molecule has 1 aromatic carbocycles. The van der Waals surface area contributed by atoms with Crippen molar-refractivity contribution in [1.82, 2.24) is 4.98 Å². The molecule has 0 aliphatic carbocycles. The molecular formula is C10H10N2O2. The minimum atomic E-state index is -0.0902. The molecule has 0 amide bonds. The van der Waals surface area contributed by atoms with Crippen LogP contribution in [0.25, 0.3) is 11.1 Å². The smallest absolute Gasteiger partial charge is 0.192 e. The van der Waals surface area contributed by atoms with Gasteiger partial charge in [-0.1, -0.05) is 0 Å². The first-order valence-corrected chi connectivity index (χ1v) is 4.31. The van der Waals surface area contributed by atoms with E-state index in [2.05, 4.69) is 4.98 Å². The van der Waals surface area contributed by atoms with Crippen molar-refractivity contribution in [3.63, 3.8) is 0 Å². The van der Waals surface area contributed by atoms with Crippen LogP contribution in [0.4, 0.5) is 0 Å². The fraction of sp³-hybridized carbons (Fsp3) is 0.200. The second-order valence-corrected chi connectivity index (χ2v) is 3.04. The Morgan fingerprint density at radius 3 is 3.07 bits per heavy atom. The lowest BCUT2D eigenvalue weighted by atomic mass is 10.1. The van der Waals surface area contributed by atoms with Gasteiger partial charge in [-0.2, -0.15) is 0 Å². The lowest BCUT2D eigenvalue weighted by Crippen LogP contribution is -2.13. The summed E-state index contributed by atoms with van der Waals surface area (Å²) in [5, 5.41) is 0. The molecule has 0 radical (unpaired) electrons. The van der Waals surface area contributed by atoms with Crippen LogP contribution in [0.5, 0.6) is 0 Å². The van der Waals surface area contributed by atoms with Crippen molar-refractivity contribution in [1.29, 1.82) is 0 Å².